The highest BCUT2D eigenvalue weighted by atomic mass is 16.5. The topological polar surface area (TPSA) is 105 Å². The average Bonchev–Trinajstić information content (AvgIpc) is 3.38. The van der Waals surface area contributed by atoms with Gasteiger partial charge in [0.15, 0.2) is 0 Å². The number of nitrogens with one attached hydrogen (secondary N) is 2. The van der Waals surface area contributed by atoms with Gasteiger partial charge >= 0.3 is 12.1 Å². The van der Waals surface area contributed by atoms with E-state index in [2.05, 4.69) is 34.9 Å². The van der Waals surface area contributed by atoms with E-state index in [-0.39, 0.29) is 30.4 Å². The number of ether oxygens (including phenoxy) is 1. The zero-order valence-corrected chi connectivity index (χ0v) is 18.9. The summed E-state index contributed by atoms with van der Waals surface area (Å²) in [6.07, 6.45) is 1.48. The molecule has 0 radical (unpaired) electrons. The molecule has 7 nitrogen and oxygen atoms in total. The summed E-state index contributed by atoms with van der Waals surface area (Å²) >= 11 is 0. The van der Waals surface area contributed by atoms with Crippen LogP contribution in [-0.2, 0) is 14.3 Å². The van der Waals surface area contributed by atoms with Gasteiger partial charge in [-0.15, -0.1) is 0 Å². The van der Waals surface area contributed by atoms with Gasteiger partial charge in [-0.05, 0) is 41.0 Å². The number of carbonyl (C=O) groups is 3. The number of amides is 2. The molecule has 3 atom stereocenters. The first-order valence-electron chi connectivity index (χ1n) is 11.5. The van der Waals surface area contributed by atoms with E-state index < -0.39 is 24.0 Å². The molecule has 33 heavy (non-hydrogen) atoms. The molecule has 0 aromatic heterocycles. The third kappa shape index (κ3) is 4.72. The van der Waals surface area contributed by atoms with Crippen molar-refractivity contribution in [1.82, 2.24) is 10.6 Å². The van der Waals surface area contributed by atoms with Crippen LogP contribution in [0.4, 0.5) is 4.79 Å². The highest BCUT2D eigenvalue weighted by Crippen LogP contribution is 2.44. The van der Waals surface area contributed by atoms with Crippen molar-refractivity contribution in [2.45, 2.75) is 51.1 Å². The molecule has 2 aliphatic rings. The molecule has 0 spiro atoms. The second-order valence-electron chi connectivity index (χ2n) is 9.18. The van der Waals surface area contributed by atoms with Gasteiger partial charge < -0.3 is 20.5 Å². The van der Waals surface area contributed by atoms with Crippen molar-refractivity contribution >= 4 is 18.0 Å². The number of hydrogen-bond donors (Lipinski definition) is 3. The molecule has 0 saturated heterocycles. The van der Waals surface area contributed by atoms with E-state index in [1.807, 2.05) is 24.3 Å². The first-order valence-corrected chi connectivity index (χ1v) is 11.5. The molecule has 1 saturated carbocycles. The van der Waals surface area contributed by atoms with Crippen LogP contribution in [0, 0.1) is 11.8 Å². The fraction of sp³-hybridized carbons (Fsp3) is 0.423. The van der Waals surface area contributed by atoms with E-state index in [0.29, 0.717) is 12.8 Å². The number of carboxylic acids is 1. The minimum Gasteiger partial charge on any atom is -0.480 e. The van der Waals surface area contributed by atoms with E-state index in [1.54, 1.807) is 13.8 Å². The predicted octanol–water partition coefficient (Wildman–Crippen LogP) is 3.92. The molecule has 0 bridgehead atoms. The summed E-state index contributed by atoms with van der Waals surface area (Å²) in [6.45, 7) is 3.71. The van der Waals surface area contributed by atoms with Crippen LogP contribution in [0.5, 0.6) is 0 Å². The average molecular weight is 451 g/mol. The largest absolute Gasteiger partial charge is 0.480 e. The molecule has 2 unspecified atom stereocenters. The quantitative estimate of drug-likeness (QED) is 0.593. The van der Waals surface area contributed by atoms with Crippen molar-refractivity contribution in [3.05, 3.63) is 59.7 Å². The minimum atomic E-state index is -1.06. The summed E-state index contributed by atoms with van der Waals surface area (Å²) in [7, 11) is 0. The maximum Gasteiger partial charge on any atom is 0.407 e. The first-order chi connectivity index (χ1) is 15.9. The predicted molar refractivity (Wildman–Crippen MR) is 124 cm³/mol. The van der Waals surface area contributed by atoms with Gasteiger partial charge in [-0.3, -0.25) is 4.79 Å². The lowest BCUT2D eigenvalue weighted by Gasteiger charge is -2.24. The molecule has 0 heterocycles. The Hall–Kier alpha value is -3.35. The Labute approximate surface area is 193 Å². The summed E-state index contributed by atoms with van der Waals surface area (Å²) < 4.78 is 5.61. The van der Waals surface area contributed by atoms with Crippen LogP contribution >= 0.6 is 0 Å². The number of aliphatic carboxylic acids is 1. The minimum absolute atomic E-state index is 0.0341. The molecule has 2 aliphatic carbocycles. The van der Waals surface area contributed by atoms with Gasteiger partial charge in [-0.2, -0.15) is 0 Å². The molecular weight excluding hydrogens is 420 g/mol. The number of rotatable bonds is 7. The molecule has 2 amide bonds. The number of alkyl carbamates (subject to hydrolysis) is 1. The summed E-state index contributed by atoms with van der Waals surface area (Å²) in [4.78, 5) is 36.8. The molecule has 174 valence electrons. The van der Waals surface area contributed by atoms with Gasteiger partial charge in [0.25, 0.3) is 0 Å². The summed E-state index contributed by atoms with van der Waals surface area (Å²) in [5, 5.41) is 14.8. The fourth-order valence-electron chi connectivity index (χ4n) is 5.01. The van der Waals surface area contributed by atoms with Crippen LogP contribution in [0.3, 0.4) is 0 Å². The highest BCUT2D eigenvalue weighted by Gasteiger charge is 2.37. The van der Waals surface area contributed by atoms with Crippen LogP contribution in [0.25, 0.3) is 11.1 Å². The molecule has 2 aromatic carbocycles. The third-order valence-electron chi connectivity index (χ3n) is 6.73. The Morgan fingerprint density at radius 2 is 1.61 bits per heavy atom. The van der Waals surface area contributed by atoms with E-state index >= 15 is 0 Å². The van der Waals surface area contributed by atoms with Gasteiger partial charge in [0.1, 0.15) is 12.6 Å². The molecular formula is C26H30N2O5. The van der Waals surface area contributed by atoms with Crippen LogP contribution in [0.1, 0.15) is 50.2 Å². The monoisotopic (exact) mass is 450 g/mol. The van der Waals surface area contributed by atoms with Crippen molar-refractivity contribution in [3.63, 3.8) is 0 Å². The van der Waals surface area contributed by atoms with Crippen molar-refractivity contribution in [2.75, 3.05) is 6.61 Å². The van der Waals surface area contributed by atoms with E-state index in [1.165, 1.54) is 0 Å². The van der Waals surface area contributed by atoms with Crippen LogP contribution in [0.15, 0.2) is 48.5 Å². The zero-order valence-electron chi connectivity index (χ0n) is 18.9. The van der Waals surface area contributed by atoms with Gasteiger partial charge in [0, 0.05) is 12.0 Å². The number of fused-ring (bicyclic) bond motifs is 3. The zero-order chi connectivity index (χ0) is 23.5. The Kier molecular flexibility index (Phi) is 6.67. The maximum absolute atomic E-state index is 12.7. The van der Waals surface area contributed by atoms with Crippen molar-refractivity contribution < 1.29 is 24.2 Å². The lowest BCUT2D eigenvalue weighted by atomic mass is 9.98. The maximum atomic E-state index is 12.7. The third-order valence-corrected chi connectivity index (χ3v) is 6.73. The van der Waals surface area contributed by atoms with Gasteiger partial charge in [0.2, 0.25) is 5.91 Å². The smallest absolute Gasteiger partial charge is 0.407 e. The lowest BCUT2D eigenvalue weighted by Crippen LogP contribution is -2.50. The second kappa shape index (κ2) is 9.65. The van der Waals surface area contributed by atoms with Crippen molar-refractivity contribution in [3.8, 4) is 11.1 Å². The second-order valence-corrected chi connectivity index (χ2v) is 9.18. The van der Waals surface area contributed by atoms with Gasteiger partial charge in [-0.25, -0.2) is 9.59 Å². The molecule has 7 heteroatoms. The van der Waals surface area contributed by atoms with E-state index in [4.69, 9.17) is 4.74 Å². The van der Waals surface area contributed by atoms with Crippen LogP contribution < -0.4 is 10.6 Å². The number of carboxylic acid groups (broad SMARTS) is 1. The van der Waals surface area contributed by atoms with Crippen molar-refractivity contribution in [1.29, 1.82) is 0 Å². The highest BCUT2D eigenvalue weighted by molar-refractivity contribution is 5.86. The van der Waals surface area contributed by atoms with Crippen LogP contribution in [-0.4, -0.2) is 41.8 Å². The molecule has 2 aromatic rings. The lowest BCUT2D eigenvalue weighted by molar-refractivity contribution is -0.143. The summed E-state index contributed by atoms with van der Waals surface area (Å²) in [5.41, 5.74) is 4.59. The van der Waals surface area contributed by atoms with Gasteiger partial charge in [-0.1, -0.05) is 68.8 Å². The van der Waals surface area contributed by atoms with Crippen LogP contribution in [0.2, 0.25) is 0 Å². The van der Waals surface area contributed by atoms with E-state index in [0.717, 1.165) is 28.7 Å². The Morgan fingerprint density at radius 1 is 1.00 bits per heavy atom. The Balaban J connectivity index is 1.37. The van der Waals surface area contributed by atoms with E-state index in [9.17, 15) is 19.5 Å². The summed E-state index contributed by atoms with van der Waals surface area (Å²) in [5.74, 6) is -2.13. The first kappa shape index (κ1) is 22.8. The fourth-order valence-corrected chi connectivity index (χ4v) is 5.01. The summed E-state index contributed by atoms with van der Waals surface area (Å²) in [6, 6.07) is 14.9. The Bertz CT molecular complexity index is 1000. The number of carbonyl (C=O) groups excluding carboxylic acids is 2. The molecule has 1 fully saturated rings. The Morgan fingerprint density at radius 3 is 2.18 bits per heavy atom. The number of benzene rings is 2. The standard InChI is InChI=1S/C26H30N2O5/c1-15(2)23(25(30)31)28-24(29)20-12-7-13-22(20)27-26(32)33-14-21-18-10-5-3-8-16(18)17-9-4-6-11-19(17)21/h3-6,8-11,15,20-23H,7,12-14H2,1-2H3,(H,27,32)(H,28,29)(H,30,31)/t20?,22?,23-/m1/s1. The van der Waals surface area contributed by atoms with Gasteiger partial charge in [0.05, 0.1) is 5.92 Å². The molecule has 0 aliphatic heterocycles. The normalized spacial score (nSPS) is 20.1. The number of hydrogen-bond acceptors (Lipinski definition) is 4. The SMILES string of the molecule is CC(C)[C@@H](NC(=O)C1CCCC1NC(=O)OCC1c2ccccc2-c2ccccc21)C(=O)O. The molecule has 4 rings (SSSR count). The molecule has 3 N–H and O–H groups in total. The van der Waals surface area contributed by atoms with Crippen molar-refractivity contribution in [2.24, 2.45) is 11.8 Å².